The summed E-state index contributed by atoms with van der Waals surface area (Å²) in [4.78, 5) is 22.6. The topological polar surface area (TPSA) is 66.4 Å². The molecule has 0 aromatic heterocycles. The van der Waals surface area contributed by atoms with Crippen molar-refractivity contribution in [2.24, 2.45) is 11.8 Å². The molecule has 1 fully saturated rings. The Morgan fingerprint density at radius 1 is 1.22 bits per heavy atom. The van der Waals surface area contributed by atoms with Crippen molar-refractivity contribution in [2.45, 2.75) is 19.4 Å². The van der Waals surface area contributed by atoms with Crippen LogP contribution in [0.1, 0.15) is 18.4 Å². The summed E-state index contributed by atoms with van der Waals surface area (Å²) >= 11 is 5.76. The lowest BCUT2D eigenvalue weighted by Crippen LogP contribution is -2.43. The number of nitrogens with one attached hydrogen (secondary N) is 1. The van der Waals surface area contributed by atoms with Crippen LogP contribution in [0, 0.1) is 11.8 Å². The minimum atomic E-state index is -0.882. The second-order valence-electron chi connectivity index (χ2n) is 4.47. The van der Waals surface area contributed by atoms with Crippen LogP contribution in [0.15, 0.2) is 24.3 Å². The van der Waals surface area contributed by atoms with Gasteiger partial charge in [-0.2, -0.15) is 0 Å². The van der Waals surface area contributed by atoms with Crippen LogP contribution in [-0.2, 0) is 16.1 Å². The Morgan fingerprint density at radius 2 is 1.83 bits per heavy atom. The van der Waals surface area contributed by atoms with E-state index in [-0.39, 0.29) is 11.8 Å². The first-order valence-corrected chi connectivity index (χ1v) is 6.20. The van der Waals surface area contributed by atoms with E-state index in [1.807, 2.05) is 12.1 Å². The number of hydrogen-bond acceptors (Lipinski definition) is 2. The third-order valence-corrected chi connectivity index (χ3v) is 3.56. The van der Waals surface area contributed by atoms with Crippen LogP contribution in [-0.4, -0.2) is 17.0 Å². The highest BCUT2D eigenvalue weighted by Gasteiger charge is 2.41. The van der Waals surface area contributed by atoms with Crippen LogP contribution >= 0.6 is 11.6 Å². The number of benzene rings is 1. The highest BCUT2D eigenvalue weighted by molar-refractivity contribution is 6.30. The molecule has 0 aliphatic heterocycles. The Morgan fingerprint density at radius 3 is 2.33 bits per heavy atom. The predicted molar refractivity (Wildman–Crippen MR) is 67.1 cm³/mol. The van der Waals surface area contributed by atoms with Gasteiger partial charge in [-0.15, -0.1) is 0 Å². The highest BCUT2D eigenvalue weighted by Crippen LogP contribution is 2.34. The zero-order valence-corrected chi connectivity index (χ0v) is 10.5. The van der Waals surface area contributed by atoms with Gasteiger partial charge in [-0.25, -0.2) is 0 Å². The fourth-order valence-corrected chi connectivity index (χ4v) is 2.16. The van der Waals surface area contributed by atoms with Crippen LogP contribution in [0.3, 0.4) is 0 Å². The summed E-state index contributed by atoms with van der Waals surface area (Å²) < 4.78 is 0. The van der Waals surface area contributed by atoms with E-state index in [2.05, 4.69) is 5.32 Å². The summed E-state index contributed by atoms with van der Waals surface area (Å²) in [6.45, 7) is 0.402. The average molecular weight is 268 g/mol. The van der Waals surface area contributed by atoms with Gasteiger partial charge in [0.25, 0.3) is 0 Å². The maximum absolute atomic E-state index is 11.8. The molecule has 1 amide bonds. The van der Waals surface area contributed by atoms with Gasteiger partial charge in [-0.3, -0.25) is 9.59 Å². The normalized spacial score (nSPS) is 22.1. The van der Waals surface area contributed by atoms with E-state index in [9.17, 15) is 9.59 Å². The Balaban J connectivity index is 1.85. The van der Waals surface area contributed by atoms with E-state index >= 15 is 0 Å². The first kappa shape index (κ1) is 12.9. The largest absolute Gasteiger partial charge is 0.481 e. The summed E-state index contributed by atoms with van der Waals surface area (Å²) in [5.74, 6) is -1.96. The van der Waals surface area contributed by atoms with E-state index < -0.39 is 11.9 Å². The molecule has 0 saturated heterocycles. The molecule has 2 rings (SSSR count). The Bertz CT molecular complexity index is 458. The van der Waals surface area contributed by atoms with Crippen LogP contribution < -0.4 is 5.32 Å². The molecule has 2 atom stereocenters. The van der Waals surface area contributed by atoms with Gasteiger partial charge < -0.3 is 10.4 Å². The summed E-state index contributed by atoms with van der Waals surface area (Å²) in [6, 6.07) is 7.18. The van der Waals surface area contributed by atoms with Crippen LogP contribution in [0.2, 0.25) is 5.02 Å². The van der Waals surface area contributed by atoms with Gasteiger partial charge in [0.1, 0.15) is 0 Å². The van der Waals surface area contributed by atoms with Gasteiger partial charge in [-0.1, -0.05) is 23.7 Å². The van der Waals surface area contributed by atoms with Gasteiger partial charge in [0.2, 0.25) is 5.91 Å². The summed E-state index contributed by atoms with van der Waals surface area (Å²) in [5, 5.41) is 12.3. The SMILES string of the molecule is O=C(O)C1CCC1C(=O)NCc1ccc(Cl)cc1. The van der Waals surface area contributed by atoms with Crippen LogP contribution in [0.4, 0.5) is 0 Å². The van der Waals surface area contributed by atoms with Crippen molar-refractivity contribution in [1.82, 2.24) is 5.32 Å². The third kappa shape index (κ3) is 2.82. The van der Waals surface area contributed by atoms with Gasteiger partial charge >= 0.3 is 5.97 Å². The van der Waals surface area contributed by atoms with Crippen molar-refractivity contribution in [3.8, 4) is 0 Å². The zero-order chi connectivity index (χ0) is 13.1. The molecule has 1 aromatic carbocycles. The minimum Gasteiger partial charge on any atom is -0.481 e. The van der Waals surface area contributed by atoms with Crippen molar-refractivity contribution < 1.29 is 14.7 Å². The lowest BCUT2D eigenvalue weighted by atomic mass is 9.73. The molecule has 1 aliphatic rings. The Hall–Kier alpha value is -1.55. The first-order chi connectivity index (χ1) is 8.58. The van der Waals surface area contributed by atoms with Gasteiger partial charge in [0.15, 0.2) is 0 Å². The molecule has 0 spiro atoms. The first-order valence-electron chi connectivity index (χ1n) is 5.83. The smallest absolute Gasteiger partial charge is 0.307 e. The lowest BCUT2D eigenvalue weighted by Gasteiger charge is -2.31. The molecule has 96 valence electrons. The molecule has 1 aromatic rings. The number of carbonyl (C=O) groups is 2. The molecular weight excluding hydrogens is 254 g/mol. The Labute approximate surface area is 110 Å². The quantitative estimate of drug-likeness (QED) is 0.878. The number of aliphatic carboxylic acids is 1. The molecule has 2 unspecified atom stereocenters. The maximum Gasteiger partial charge on any atom is 0.307 e. The van der Waals surface area contributed by atoms with Gasteiger partial charge in [-0.05, 0) is 30.5 Å². The molecule has 4 nitrogen and oxygen atoms in total. The number of rotatable bonds is 4. The van der Waals surface area contributed by atoms with Crippen LogP contribution in [0.25, 0.3) is 0 Å². The van der Waals surface area contributed by atoms with Crippen molar-refractivity contribution in [3.05, 3.63) is 34.9 Å². The average Bonchev–Trinajstić information content (AvgIpc) is 2.26. The second kappa shape index (κ2) is 5.40. The Kier molecular flexibility index (Phi) is 3.87. The van der Waals surface area contributed by atoms with Crippen molar-refractivity contribution in [3.63, 3.8) is 0 Å². The number of halogens is 1. The minimum absolute atomic E-state index is 0.177. The fraction of sp³-hybridized carbons (Fsp3) is 0.385. The van der Waals surface area contributed by atoms with E-state index in [4.69, 9.17) is 16.7 Å². The van der Waals surface area contributed by atoms with Gasteiger partial charge in [0.05, 0.1) is 11.8 Å². The monoisotopic (exact) mass is 267 g/mol. The number of amides is 1. The summed E-state index contributed by atoms with van der Waals surface area (Å²) in [5.41, 5.74) is 0.943. The number of hydrogen-bond donors (Lipinski definition) is 2. The molecule has 2 N–H and O–H groups in total. The van der Waals surface area contributed by atoms with Gasteiger partial charge in [0, 0.05) is 11.6 Å². The van der Waals surface area contributed by atoms with Crippen molar-refractivity contribution >= 4 is 23.5 Å². The standard InChI is InChI=1S/C13H14ClNO3/c14-9-3-1-8(2-4-9)7-15-12(16)10-5-6-11(10)13(17)18/h1-4,10-11H,5-7H2,(H,15,16)(H,17,18). The number of carbonyl (C=O) groups excluding carboxylic acids is 1. The van der Waals surface area contributed by atoms with E-state index in [0.29, 0.717) is 24.4 Å². The fourth-order valence-electron chi connectivity index (χ4n) is 2.03. The number of carboxylic acids is 1. The molecule has 0 heterocycles. The van der Waals surface area contributed by atoms with E-state index in [0.717, 1.165) is 5.56 Å². The maximum atomic E-state index is 11.8. The van der Waals surface area contributed by atoms with Crippen molar-refractivity contribution in [1.29, 1.82) is 0 Å². The zero-order valence-electron chi connectivity index (χ0n) is 9.73. The molecule has 1 aliphatic carbocycles. The predicted octanol–water partition coefficient (Wildman–Crippen LogP) is 2.07. The second-order valence-corrected chi connectivity index (χ2v) is 4.91. The third-order valence-electron chi connectivity index (χ3n) is 3.31. The molecular formula is C13H14ClNO3. The van der Waals surface area contributed by atoms with Crippen LogP contribution in [0.5, 0.6) is 0 Å². The number of carboxylic acid groups (broad SMARTS) is 1. The lowest BCUT2D eigenvalue weighted by molar-refractivity contribution is -0.152. The summed E-state index contributed by atoms with van der Waals surface area (Å²) in [6.07, 6.45) is 1.25. The van der Waals surface area contributed by atoms with E-state index in [1.165, 1.54) is 0 Å². The molecule has 0 radical (unpaired) electrons. The van der Waals surface area contributed by atoms with Crippen molar-refractivity contribution in [2.75, 3.05) is 0 Å². The van der Waals surface area contributed by atoms with E-state index in [1.54, 1.807) is 12.1 Å². The highest BCUT2D eigenvalue weighted by atomic mass is 35.5. The molecule has 1 saturated carbocycles. The summed E-state index contributed by atoms with van der Waals surface area (Å²) in [7, 11) is 0. The molecule has 0 bridgehead atoms. The molecule has 18 heavy (non-hydrogen) atoms. The molecule has 5 heteroatoms.